The van der Waals surface area contributed by atoms with Gasteiger partial charge in [0, 0.05) is 15.8 Å². The molecular formula is C14H22N2OS. The van der Waals surface area contributed by atoms with Crippen LogP contribution in [0, 0.1) is 12.8 Å². The first-order valence-electron chi connectivity index (χ1n) is 6.56. The van der Waals surface area contributed by atoms with E-state index in [2.05, 4.69) is 45.1 Å². The van der Waals surface area contributed by atoms with Gasteiger partial charge in [0.1, 0.15) is 6.17 Å². The molecule has 1 N–H and O–H groups in total. The van der Waals surface area contributed by atoms with E-state index >= 15 is 0 Å². The number of amides is 1. The Kier molecular flexibility index (Phi) is 3.78. The molecule has 4 heteroatoms. The van der Waals surface area contributed by atoms with Crippen LogP contribution in [0.1, 0.15) is 43.6 Å². The summed E-state index contributed by atoms with van der Waals surface area (Å²) in [4.78, 5) is 16.8. The molecule has 0 radical (unpaired) electrons. The fourth-order valence-corrected chi connectivity index (χ4v) is 3.25. The number of carbonyl (C=O) groups is 1. The van der Waals surface area contributed by atoms with E-state index in [4.69, 9.17) is 0 Å². The molecular weight excluding hydrogens is 244 g/mol. The van der Waals surface area contributed by atoms with E-state index in [1.54, 1.807) is 11.3 Å². The number of hydrogen-bond donors (Lipinski definition) is 1. The quantitative estimate of drug-likeness (QED) is 0.912. The largest absolute Gasteiger partial charge is 0.318 e. The van der Waals surface area contributed by atoms with Crippen molar-refractivity contribution in [2.75, 3.05) is 0 Å². The van der Waals surface area contributed by atoms with E-state index in [-0.39, 0.29) is 24.2 Å². The van der Waals surface area contributed by atoms with Crippen molar-refractivity contribution in [3.05, 3.63) is 21.9 Å². The van der Waals surface area contributed by atoms with Gasteiger partial charge in [-0.15, -0.1) is 11.3 Å². The number of nitrogens with one attached hydrogen (secondary N) is 1. The highest BCUT2D eigenvalue weighted by molar-refractivity contribution is 7.12. The van der Waals surface area contributed by atoms with Crippen LogP contribution in [0.3, 0.4) is 0 Å². The van der Waals surface area contributed by atoms with Crippen molar-refractivity contribution in [2.45, 2.75) is 52.9 Å². The predicted molar refractivity (Wildman–Crippen MR) is 75.5 cm³/mol. The van der Waals surface area contributed by atoms with Gasteiger partial charge < -0.3 is 4.90 Å². The highest BCUT2D eigenvalue weighted by atomic mass is 32.1. The fourth-order valence-electron chi connectivity index (χ4n) is 2.32. The van der Waals surface area contributed by atoms with Crippen LogP contribution in [0.5, 0.6) is 0 Å². The highest BCUT2D eigenvalue weighted by Crippen LogP contribution is 2.33. The summed E-state index contributed by atoms with van der Waals surface area (Å²) in [5.74, 6) is 0.678. The molecule has 1 aromatic heterocycles. The van der Waals surface area contributed by atoms with Crippen LogP contribution in [-0.2, 0) is 4.79 Å². The second kappa shape index (κ2) is 5.02. The van der Waals surface area contributed by atoms with Gasteiger partial charge in [0.25, 0.3) is 0 Å². The third-order valence-electron chi connectivity index (χ3n) is 3.75. The van der Waals surface area contributed by atoms with E-state index in [1.165, 1.54) is 9.75 Å². The molecule has 1 aromatic rings. The van der Waals surface area contributed by atoms with Crippen LogP contribution in [0.4, 0.5) is 0 Å². The molecule has 18 heavy (non-hydrogen) atoms. The van der Waals surface area contributed by atoms with Gasteiger partial charge in [-0.2, -0.15) is 0 Å². The average Bonchev–Trinajstić information content (AvgIpc) is 2.84. The molecule has 2 heterocycles. The monoisotopic (exact) mass is 266 g/mol. The molecule has 0 spiro atoms. The van der Waals surface area contributed by atoms with Gasteiger partial charge in [0.05, 0.1) is 6.04 Å². The molecule has 0 bridgehead atoms. The smallest absolute Gasteiger partial charge is 0.241 e. The number of nitrogens with zero attached hydrogens (tertiary/aromatic N) is 1. The van der Waals surface area contributed by atoms with Gasteiger partial charge in [-0.05, 0) is 38.8 Å². The normalized spacial score (nSPS) is 26.1. The van der Waals surface area contributed by atoms with E-state index < -0.39 is 0 Å². The lowest BCUT2D eigenvalue weighted by molar-refractivity contribution is -0.132. The van der Waals surface area contributed by atoms with Gasteiger partial charge in [0.2, 0.25) is 5.91 Å². The van der Waals surface area contributed by atoms with Crippen LogP contribution >= 0.6 is 11.3 Å². The Hall–Kier alpha value is -0.870. The number of thiophene rings is 1. The van der Waals surface area contributed by atoms with Crippen LogP contribution in [0.2, 0.25) is 0 Å². The lowest BCUT2D eigenvalue weighted by atomic mass is 10.0. The molecule has 0 aromatic carbocycles. The minimum atomic E-state index is -0.0846. The zero-order valence-electron chi connectivity index (χ0n) is 11.7. The molecule has 0 aliphatic carbocycles. The SMILES string of the molecule is Cc1ccc(C2NC(C)C(=O)N2C(C)C(C)C)s1. The molecule has 2 rings (SSSR count). The molecule has 1 amide bonds. The van der Waals surface area contributed by atoms with Crippen LogP contribution in [-0.4, -0.2) is 22.9 Å². The first-order valence-corrected chi connectivity index (χ1v) is 7.38. The third-order valence-corrected chi connectivity index (χ3v) is 4.80. The van der Waals surface area contributed by atoms with Crippen LogP contribution < -0.4 is 5.32 Å². The number of hydrogen-bond acceptors (Lipinski definition) is 3. The summed E-state index contributed by atoms with van der Waals surface area (Å²) >= 11 is 1.77. The molecule has 1 saturated heterocycles. The molecule has 3 unspecified atom stereocenters. The first-order chi connectivity index (χ1) is 8.41. The number of rotatable bonds is 3. The maximum absolute atomic E-state index is 12.3. The van der Waals surface area contributed by atoms with E-state index in [0.717, 1.165) is 0 Å². The Labute approximate surface area is 113 Å². The van der Waals surface area contributed by atoms with Crippen LogP contribution in [0.25, 0.3) is 0 Å². The second-order valence-electron chi connectivity index (χ2n) is 5.47. The summed E-state index contributed by atoms with van der Waals surface area (Å²) in [6.45, 7) is 10.5. The summed E-state index contributed by atoms with van der Waals surface area (Å²) in [5, 5.41) is 3.41. The lowest BCUT2D eigenvalue weighted by Crippen LogP contribution is -2.40. The average molecular weight is 266 g/mol. The lowest BCUT2D eigenvalue weighted by Gasteiger charge is -2.32. The van der Waals surface area contributed by atoms with Crippen LogP contribution in [0.15, 0.2) is 12.1 Å². The summed E-state index contributed by atoms with van der Waals surface area (Å²) in [5.41, 5.74) is 0. The summed E-state index contributed by atoms with van der Waals surface area (Å²) in [7, 11) is 0. The molecule has 3 atom stereocenters. The van der Waals surface area contributed by atoms with E-state index in [9.17, 15) is 4.79 Å². The van der Waals surface area contributed by atoms with Gasteiger partial charge in [0.15, 0.2) is 0 Å². The molecule has 0 saturated carbocycles. The fraction of sp³-hybridized carbons (Fsp3) is 0.643. The maximum atomic E-state index is 12.3. The molecule has 1 aliphatic rings. The zero-order valence-corrected chi connectivity index (χ0v) is 12.5. The Morgan fingerprint density at radius 1 is 1.33 bits per heavy atom. The van der Waals surface area contributed by atoms with E-state index in [1.807, 2.05) is 11.8 Å². The molecule has 1 fully saturated rings. The number of carbonyl (C=O) groups excluding carboxylic acids is 1. The molecule has 3 nitrogen and oxygen atoms in total. The predicted octanol–water partition coefficient (Wildman–Crippen LogP) is 2.92. The van der Waals surface area contributed by atoms with Crippen molar-refractivity contribution in [3.63, 3.8) is 0 Å². The van der Waals surface area contributed by atoms with Crippen molar-refractivity contribution in [3.8, 4) is 0 Å². The Morgan fingerprint density at radius 3 is 2.50 bits per heavy atom. The second-order valence-corrected chi connectivity index (χ2v) is 6.79. The van der Waals surface area contributed by atoms with Crippen molar-refractivity contribution < 1.29 is 4.79 Å². The minimum Gasteiger partial charge on any atom is -0.318 e. The molecule has 100 valence electrons. The highest BCUT2D eigenvalue weighted by Gasteiger charge is 2.40. The summed E-state index contributed by atoms with van der Waals surface area (Å²) < 4.78 is 0. The third kappa shape index (κ3) is 2.31. The minimum absolute atomic E-state index is 0.0450. The van der Waals surface area contributed by atoms with Gasteiger partial charge in [-0.3, -0.25) is 10.1 Å². The zero-order chi connectivity index (χ0) is 13.4. The topological polar surface area (TPSA) is 32.3 Å². The van der Waals surface area contributed by atoms with Crippen molar-refractivity contribution >= 4 is 17.2 Å². The Morgan fingerprint density at radius 2 is 2.00 bits per heavy atom. The Balaban J connectivity index is 2.30. The van der Waals surface area contributed by atoms with Crippen molar-refractivity contribution in [1.82, 2.24) is 10.2 Å². The standard InChI is InChI=1S/C14H22N2OS/c1-8(2)11(5)16-13(15-10(4)14(16)17)12-7-6-9(3)18-12/h6-8,10-11,13,15H,1-5H3. The van der Waals surface area contributed by atoms with Gasteiger partial charge >= 0.3 is 0 Å². The molecule has 1 aliphatic heterocycles. The van der Waals surface area contributed by atoms with Gasteiger partial charge in [-0.25, -0.2) is 0 Å². The summed E-state index contributed by atoms with van der Waals surface area (Å²) in [6, 6.07) is 4.41. The Bertz CT molecular complexity index is 441. The van der Waals surface area contributed by atoms with Crippen molar-refractivity contribution in [2.24, 2.45) is 5.92 Å². The van der Waals surface area contributed by atoms with Crippen molar-refractivity contribution in [1.29, 1.82) is 0 Å². The summed E-state index contributed by atoms with van der Waals surface area (Å²) in [6.07, 6.45) is 0.0450. The maximum Gasteiger partial charge on any atom is 0.241 e. The first kappa shape index (κ1) is 13.6. The van der Waals surface area contributed by atoms with E-state index in [0.29, 0.717) is 5.92 Å². The number of aryl methyl sites for hydroxylation is 1. The van der Waals surface area contributed by atoms with Gasteiger partial charge in [-0.1, -0.05) is 13.8 Å².